The van der Waals surface area contributed by atoms with Crippen LogP contribution < -0.4 is 14.8 Å². The predicted molar refractivity (Wildman–Crippen MR) is 74.8 cm³/mol. The largest absolute Gasteiger partial charge is 0.497 e. The van der Waals surface area contributed by atoms with Crippen molar-refractivity contribution < 1.29 is 14.2 Å². The predicted octanol–water partition coefficient (Wildman–Crippen LogP) is 2.36. The lowest BCUT2D eigenvalue weighted by molar-refractivity contribution is 0.0831. The van der Waals surface area contributed by atoms with Gasteiger partial charge in [0.2, 0.25) is 0 Å². The van der Waals surface area contributed by atoms with E-state index in [9.17, 15) is 0 Å². The van der Waals surface area contributed by atoms with Crippen molar-refractivity contribution in [2.24, 2.45) is 0 Å². The molecule has 0 bridgehead atoms. The van der Waals surface area contributed by atoms with Gasteiger partial charge in [-0.15, -0.1) is 0 Å². The van der Waals surface area contributed by atoms with Gasteiger partial charge in [0.25, 0.3) is 0 Å². The zero-order valence-electron chi connectivity index (χ0n) is 11.9. The Labute approximate surface area is 115 Å². The van der Waals surface area contributed by atoms with Gasteiger partial charge in [0, 0.05) is 30.8 Å². The van der Waals surface area contributed by atoms with Gasteiger partial charge in [-0.2, -0.15) is 0 Å². The maximum absolute atomic E-state index is 5.68. The summed E-state index contributed by atoms with van der Waals surface area (Å²) in [6.45, 7) is 3.84. The average molecular weight is 265 g/mol. The van der Waals surface area contributed by atoms with Crippen molar-refractivity contribution in [2.45, 2.75) is 38.5 Å². The van der Waals surface area contributed by atoms with Crippen molar-refractivity contribution in [3.05, 3.63) is 23.8 Å². The molecule has 1 aromatic carbocycles. The Morgan fingerprint density at radius 1 is 1.37 bits per heavy atom. The molecule has 4 heteroatoms. The Morgan fingerprint density at radius 2 is 2.21 bits per heavy atom. The first-order chi connectivity index (χ1) is 9.24. The molecule has 2 rings (SSSR count). The van der Waals surface area contributed by atoms with Gasteiger partial charge in [0.1, 0.15) is 11.5 Å². The standard InChI is InChI=1S/C15H23NO3/c1-11(14-5-4-8-19-14)16-10-12-6-7-13(17-2)9-15(12)18-3/h6-7,9,11,14,16H,4-5,8,10H2,1-3H3/t11-,14-/m1/s1. The molecule has 1 fully saturated rings. The molecule has 0 amide bonds. The van der Waals surface area contributed by atoms with Gasteiger partial charge < -0.3 is 19.5 Å². The fourth-order valence-electron chi connectivity index (χ4n) is 2.40. The lowest BCUT2D eigenvalue weighted by atomic mass is 10.1. The number of hydrogen-bond donors (Lipinski definition) is 1. The molecular formula is C15H23NO3. The van der Waals surface area contributed by atoms with Crippen LogP contribution in [0.2, 0.25) is 0 Å². The quantitative estimate of drug-likeness (QED) is 0.857. The first-order valence-corrected chi connectivity index (χ1v) is 6.80. The number of rotatable bonds is 6. The van der Waals surface area contributed by atoms with Crippen molar-refractivity contribution in [1.29, 1.82) is 0 Å². The topological polar surface area (TPSA) is 39.7 Å². The van der Waals surface area contributed by atoms with Crippen LogP contribution in [-0.4, -0.2) is 33.0 Å². The maximum Gasteiger partial charge on any atom is 0.127 e. The second-order valence-electron chi connectivity index (χ2n) is 4.90. The van der Waals surface area contributed by atoms with Crippen molar-refractivity contribution in [3.63, 3.8) is 0 Å². The number of ether oxygens (including phenoxy) is 3. The molecule has 1 aliphatic heterocycles. The Bertz CT molecular complexity index is 402. The molecule has 0 saturated carbocycles. The highest BCUT2D eigenvalue weighted by Gasteiger charge is 2.22. The molecule has 4 nitrogen and oxygen atoms in total. The van der Waals surface area contributed by atoms with E-state index in [1.807, 2.05) is 18.2 Å². The van der Waals surface area contributed by atoms with Crippen LogP contribution in [0, 0.1) is 0 Å². The molecular weight excluding hydrogens is 242 g/mol. The van der Waals surface area contributed by atoms with E-state index in [1.165, 1.54) is 6.42 Å². The smallest absolute Gasteiger partial charge is 0.127 e. The molecule has 1 heterocycles. The Balaban J connectivity index is 1.94. The zero-order valence-corrected chi connectivity index (χ0v) is 11.9. The van der Waals surface area contributed by atoms with Crippen LogP contribution >= 0.6 is 0 Å². The van der Waals surface area contributed by atoms with Gasteiger partial charge in [-0.05, 0) is 25.8 Å². The van der Waals surface area contributed by atoms with Crippen LogP contribution in [0.3, 0.4) is 0 Å². The third kappa shape index (κ3) is 3.61. The summed E-state index contributed by atoms with van der Waals surface area (Å²) in [5.74, 6) is 1.67. The van der Waals surface area contributed by atoms with Gasteiger partial charge >= 0.3 is 0 Å². The third-order valence-electron chi connectivity index (χ3n) is 3.63. The number of nitrogens with one attached hydrogen (secondary N) is 1. The lowest BCUT2D eigenvalue weighted by Gasteiger charge is -2.20. The summed E-state index contributed by atoms with van der Waals surface area (Å²) in [6.07, 6.45) is 2.65. The van der Waals surface area contributed by atoms with Crippen molar-refractivity contribution in [2.75, 3.05) is 20.8 Å². The van der Waals surface area contributed by atoms with Crippen LogP contribution in [0.15, 0.2) is 18.2 Å². The van der Waals surface area contributed by atoms with Crippen LogP contribution in [0.4, 0.5) is 0 Å². The molecule has 106 valence electrons. The monoisotopic (exact) mass is 265 g/mol. The highest BCUT2D eigenvalue weighted by Crippen LogP contribution is 2.25. The molecule has 1 N–H and O–H groups in total. The molecule has 0 unspecified atom stereocenters. The number of benzene rings is 1. The van der Waals surface area contributed by atoms with Gasteiger partial charge in [-0.3, -0.25) is 0 Å². The highest BCUT2D eigenvalue weighted by molar-refractivity contribution is 5.40. The van der Waals surface area contributed by atoms with Crippen molar-refractivity contribution >= 4 is 0 Å². The SMILES string of the molecule is COc1ccc(CN[C@H](C)[C@H]2CCCO2)c(OC)c1. The van der Waals surface area contributed by atoms with Gasteiger partial charge in [-0.25, -0.2) is 0 Å². The van der Waals surface area contributed by atoms with Gasteiger partial charge in [0.05, 0.1) is 20.3 Å². The van der Waals surface area contributed by atoms with Gasteiger partial charge in [-0.1, -0.05) is 6.07 Å². The van der Waals surface area contributed by atoms with E-state index in [4.69, 9.17) is 14.2 Å². The summed E-state index contributed by atoms with van der Waals surface area (Å²) in [5.41, 5.74) is 1.13. The summed E-state index contributed by atoms with van der Waals surface area (Å²) >= 11 is 0. The molecule has 1 saturated heterocycles. The number of methoxy groups -OCH3 is 2. The molecule has 1 aromatic rings. The Hall–Kier alpha value is -1.26. The van der Waals surface area contributed by atoms with Crippen LogP contribution in [-0.2, 0) is 11.3 Å². The summed E-state index contributed by atoms with van der Waals surface area (Å²) in [5, 5.41) is 3.51. The second kappa shape index (κ2) is 6.78. The molecule has 0 radical (unpaired) electrons. The van der Waals surface area contributed by atoms with Crippen LogP contribution in [0.5, 0.6) is 11.5 Å². The van der Waals surface area contributed by atoms with E-state index in [0.29, 0.717) is 12.1 Å². The summed E-state index contributed by atoms with van der Waals surface area (Å²) in [4.78, 5) is 0. The summed E-state index contributed by atoms with van der Waals surface area (Å²) in [6, 6.07) is 6.26. The first kappa shape index (κ1) is 14.2. The third-order valence-corrected chi connectivity index (χ3v) is 3.63. The molecule has 0 aromatic heterocycles. The molecule has 0 spiro atoms. The van der Waals surface area contributed by atoms with E-state index in [2.05, 4.69) is 12.2 Å². The zero-order chi connectivity index (χ0) is 13.7. The number of hydrogen-bond acceptors (Lipinski definition) is 4. The fraction of sp³-hybridized carbons (Fsp3) is 0.600. The van der Waals surface area contributed by atoms with E-state index in [-0.39, 0.29) is 0 Å². The van der Waals surface area contributed by atoms with Crippen molar-refractivity contribution in [1.82, 2.24) is 5.32 Å². The van der Waals surface area contributed by atoms with E-state index in [1.54, 1.807) is 14.2 Å². The van der Waals surface area contributed by atoms with Crippen LogP contribution in [0.1, 0.15) is 25.3 Å². The lowest BCUT2D eigenvalue weighted by Crippen LogP contribution is -2.36. The minimum absolute atomic E-state index is 0.337. The Morgan fingerprint density at radius 3 is 2.84 bits per heavy atom. The minimum Gasteiger partial charge on any atom is -0.497 e. The fourth-order valence-corrected chi connectivity index (χ4v) is 2.40. The molecule has 19 heavy (non-hydrogen) atoms. The second-order valence-corrected chi connectivity index (χ2v) is 4.90. The minimum atomic E-state index is 0.337. The maximum atomic E-state index is 5.68. The Kier molecular flexibility index (Phi) is 5.05. The van der Waals surface area contributed by atoms with Gasteiger partial charge in [0.15, 0.2) is 0 Å². The normalized spacial score (nSPS) is 20.3. The van der Waals surface area contributed by atoms with E-state index < -0.39 is 0 Å². The van der Waals surface area contributed by atoms with E-state index in [0.717, 1.165) is 36.6 Å². The summed E-state index contributed by atoms with van der Waals surface area (Å²) in [7, 11) is 3.34. The molecule has 2 atom stereocenters. The van der Waals surface area contributed by atoms with E-state index >= 15 is 0 Å². The average Bonchev–Trinajstić information content (AvgIpc) is 2.98. The van der Waals surface area contributed by atoms with Crippen molar-refractivity contribution in [3.8, 4) is 11.5 Å². The molecule has 1 aliphatic rings. The molecule has 0 aliphatic carbocycles. The highest BCUT2D eigenvalue weighted by atomic mass is 16.5. The first-order valence-electron chi connectivity index (χ1n) is 6.80. The summed E-state index contributed by atoms with van der Waals surface area (Å²) < 4.78 is 16.3. The van der Waals surface area contributed by atoms with Crippen LogP contribution in [0.25, 0.3) is 0 Å².